The summed E-state index contributed by atoms with van der Waals surface area (Å²) in [6, 6.07) is 54.2. The van der Waals surface area contributed by atoms with Gasteiger partial charge in [-0.05, 0) is 58.1 Å². The minimum Gasteiger partial charge on any atom is -0.295 e. The summed E-state index contributed by atoms with van der Waals surface area (Å²) in [7, 11) is 3.65. The summed E-state index contributed by atoms with van der Waals surface area (Å²) in [5.41, 5.74) is 12.8. The van der Waals surface area contributed by atoms with Gasteiger partial charge in [-0.2, -0.15) is 0 Å². The predicted molar refractivity (Wildman–Crippen MR) is 196 cm³/mol. The summed E-state index contributed by atoms with van der Waals surface area (Å²) in [6.07, 6.45) is 0. The molecular weight excluding hydrogens is 589 g/mol. The Bertz CT molecular complexity index is 2460. The van der Waals surface area contributed by atoms with Crippen molar-refractivity contribution in [2.75, 3.05) is 0 Å². The molecule has 5 heteroatoms. The number of fused-ring (bicyclic) bond motifs is 1. The number of rotatable bonds is 6. The SMILES string of the molecule is Cn1c(=O)n(C)c2c(-c3cc(-c4ccccc4)cc(-c4cc(-c5ccc(-c6ccccc6)cc5)nc(-c5ccccc5)n4)c3)cccc21. The van der Waals surface area contributed by atoms with Crippen molar-refractivity contribution < 1.29 is 0 Å². The normalized spacial score (nSPS) is 11.2. The van der Waals surface area contributed by atoms with E-state index in [2.05, 4.69) is 103 Å². The van der Waals surface area contributed by atoms with Crippen LogP contribution in [0.1, 0.15) is 0 Å². The summed E-state index contributed by atoms with van der Waals surface area (Å²) in [4.78, 5) is 23.2. The summed E-state index contributed by atoms with van der Waals surface area (Å²) in [6.45, 7) is 0. The Balaban J connectivity index is 1.34. The summed E-state index contributed by atoms with van der Waals surface area (Å²) in [5.74, 6) is 0.662. The molecule has 230 valence electrons. The van der Waals surface area contributed by atoms with E-state index in [1.54, 1.807) is 9.13 Å². The lowest BCUT2D eigenvalue weighted by molar-refractivity contribution is 0.795. The van der Waals surface area contributed by atoms with Gasteiger partial charge in [-0.15, -0.1) is 0 Å². The number of imidazole rings is 1. The fraction of sp³-hybridized carbons (Fsp3) is 0.0465. The van der Waals surface area contributed by atoms with Gasteiger partial charge in [-0.1, -0.05) is 127 Å². The maximum absolute atomic E-state index is 13.0. The first-order valence-corrected chi connectivity index (χ1v) is 16.0. The molecule has 8 rings (SSSR count). The van der Waals surface area contributed by atoms with Crippen molar-refractivity contribution in [1.29, 1.82) is 0 Å². The lowest BCUT2D eigenvalue weighted by Crippen LogP contribution is -2.19. The molecule has 0 aliphatic carbocycles. The Morgan fingerprint density at radius 1 is 0.417 bits per heavy atom. The van der Waals surface area contributed by atoms with E-state index in [1.807, 2.05) is 68.7 Å². The molecule has 0 bridgehead atoms. The molecule has 0 saturated heterocycles. The monoisotopic (exact) mass is 620 g/mol. The van der Waals surface area contributed by atoms with E-state index in [4.69, 9.17) is 9.97 Å². The van der Waals surface area contributed by atoms with Crippen LogP contribution in [0.3, 0.4) is 0 Å². The molecule has 0 fully saturated rings. The summed E-state index contributed by atoms with van der Waals surface area (Å²) < 4.78 is 3.43. The van der Waals surface area contributed by atoms with Gasteiger partial charge in [0.15, 0.2) is 5.82 Å². The van der Waals surface area contributed by atoms with Gasteiger partial charge in [-0.3, -0.25) is 9.13 Å². The lowest BCUT2D eigenvalue weighted by atomic mass is 9.94. The molecule has 0 atom stereocenters. The van der Waals surface area contributed by atoms with Crippen LogP contribution in [0.25, 0.3) is 78.3 Å². The van der Waals surface area contributed by atoms with Crippen LogP contribution in [-0.2, 0) is 14.1 Å². The highest BCUT2D eigenvalue weighted by molar-refractivity contribution is 5.95. The first-order valence-electron chi connectivity index (χ1n) is 16.0. The zero-order valence-electron chi connectivity index (χ0n) is 26.7. The van der Waals surface area contributed by atoms with Crippen molar-refractivity contribution in [2.24, 2.45) is 14.1 Å². The van der Waals surface area contributed by atoms with Gasteiger partial charge < -0.3 is 0 Å². The number of hydrogen-bond donors (Lipinski definition) is 0. The minimum absolute atomic E-state index is 0.0527. The fourth-order valence-electron chi connectivity index (χ4n) is 6.46. The molecule has 0 N–H and O–H groups in total. The largest absolute Gasteiger partial charge is 0.328 e. The van der Waals surface area contributed by atoms with Gasteiger partial charge >= 0.3 is 5.69 Å². The molecular formula is C43H32N4O. The third-order valence-corrected chi connectivity index (χ3v) is 8.98. The fourth-order valence-corrected chi connectivity index (χ4v) is 6.46. The summed E-state index contributed by atoms with van der Waals surface area (Å²) >= 11 is 0. The highest BCUT2D eigenvalue weighted by Crippen LogP contribution is 2.37. The molecule has 0 unspecified atom stereocenters. The zero-order chi connectivity index (χ0) is 32.6. The predicted octanol–water partition coefficient (Wildman–Crippen LogP) is 9.67. The molecule has 48 heavy (non-hydrogen) atoms. The topological polar surface area (TPSA) is 52.7 Å². The van der Waals surface area contributed by atoms with Crippen molar-refractivity contribution in [2.45, 2.75) is 0 Å². The molecule has 0 saturated carbocycles. The van der Waals surface area contributed by atoms with Gasteiger partial charge in [0.05, 0.1) is 22.4 Å². The third kappa shape index (κ3) is 5.31. The highest BCUT2D eigenvalue weighted by Gasteiger charge is 2.17. The Morgan fingerprint density at radius 2 is 0.917 bits per heavy atom. The Morgan fingerprint density at radius 3 is 1.56 bits per heavy atom. The molecule has 8 aromatic rings. The zero-order valence-corrected chi connectivity index (χ0v) is 26.7. The Labute approximate surface area is 279 Å². The minimum atomic E-state index is -0.0527. The third-order valence-electron chi connectivity index (χ3n) is 8.98. The summed E-state index contributed by atoms with van der Waals surface area (Å²) in [5, 5.41) is 0. The Hall–Kier alpha value is -6.33. The highest BCUT2D eigenvalue weighted by atomic mass is 16.1. The van der Waals surface area contributed by atoms with Crippen LogP contribution in [0.5, 0.6) is 0 Å². The first kappa shape index (κ1) is 29.1. The van der Waals surface area contributed by atoms with Crippen LogP contribution >= 0.6 is 0 Å². The molecule has 2 aromatic heterocycles. The smallest absolute Gasteiger partial charge is 0.295 e. The van der Waals surface area contributed by atoms with Crippen molar-refractivity contribution in [3.63, 3.8) is 0 Å². The number of benzene rings is 6. The van der Waals surface area contributed by atoms with Crippen LogP contribution in [-0.4, -0.2) is 19.1 Å². The average Bonchev–Trinajstić information content (AvgIpc) is 3.39. The van der Waals surface area contributed by atoms with Gasteiger partial charge in [0.1, 0.15) is 0 Å². The Kier molecular flexibility index (Phi) is 7.35. The quantitative estimate of drug-likeness (QED) is 0.186. The molecule has 6 aromatic carbocycles. The second-order valence-electron chi connectivity index (χ2n) is 12.0. The van der Waals surface area contributed by atoms with Crippen molar-refractivity contribution in [3.8, 4) is 67.3 Å². The van der Waals surface area contributed by atoms with E-state index in [0.29, 0.717) is 5.82 Å². The van der Waals surface area contributed by atoms with Gasteiger partial charge in [0.25, 0.3) is 0 Å². The maximum atomic E-state index is 13.0. The van der Waals surface area contributed by atoms with Gasteiger partial charge in [0, 0.05) is 36.3 Å². The second-order valence-corrected chi connectivity index (χ2v) is 12.0. The molecule has 2 heterocycles. The molecule has 5 nitrogen and oxygen atoms in total. The first-order chi connectivity index (χ1) is 23.5. The number of nitrogens with zero attached hydrogens (tertiary/aromatic N) is 4. The average molecular weight is 621 g/mol. The van der Waals surface area contributed by atoms with Gasteiger partial charge in [-0.25, -0.2) is 14.8 Å². The molecule has 0 spiro atoms. The van der Waals surface area contributed by atoms with Crippen LogP contribution in [0.15, 0.2) is 163 Å². The maximum Gasteiger partial charge on any atom is 0.328 e. The van der Waals surface area contributed by atoms with E-state index in [1.165, 1.54) is 5.56 Å². The van der Waals surface area contributed by atoms with Gasteiger partial charge in [0.2, 0.25) is 0 Å². The number of aromatic nitrogens is 4. The van der Waals surface area contributed by atoms with E-state index >= 15 is 0 Å². The number of hydrogen-bond acceptors (Lipinski definition) is 3. The number of aryl methyl sites for hydroxylation is 2. The molecule has 0 amide bonds. The van der Waals surface area contributed by atoms with Crippen molar-refractivity contribution >= 4 is 11.0 Å². The van der Waals surface area contributed by atoms with Crippen LogP contribution in [0.4, 0.5) is 0 Å². The molecule has 0 aliphatic rings. The standard InChI is InChI=1S/C43H32N4O/c1-46-40-20-12-19-37(41(40)47(2)43(46)48)35-25-34(30-15-8-4-9-16-30)26-36(27-35)39-28-38(44-42(45-39)33-17-10-5-11-18-33)32-23-21-31(22-24-32)29-13-6-3-7-14-29/h3-28H,1-2H3. The number of para-hydroxylation sites is 1. The van der Waals surface area contributed by atoms with E-state index in [9.17, 15) is 4.79 Å². The van der Waals surface area contributed by atoms with Crippen LogP contribution < -0.4 is 5.69 Å². The van der Waals surface area contributed by atoms with Crippen LogP contribution in [0, 0.1) is 0 Å². The van der Waals surface area contributed by atoms with E-state index in [0.717, 1.165) is 66.9 Å². The van der Waals surface area contributed by atoms with Crippen molar-refractivity contribution in [1.82, 2.24) is 19.1 Å². The molecule has 0 radical (unpaired) electrons. The van der Waals surface area contributed by atoms with Crippen LogP contribution in [0.2, 0.25) is 0 Å². The van der Waals surface area contributed by atoms with Crippen molar-refractivity contribution in [3.05, 3.63) is 168 Å². The van der Waals surface area contributed by atoms with E-state index in [-0.39, 0.29) is 5.69 Å². The lowest BCUT2D eigenvalue weighted by Gasteiger charge is -2.14. The molecule has 0 aliphatic heterocycles. The second kappa shape index (κ2) is 12.1. The van der Waals surface area contributed by atoms with E-state index < -0.39 is 0 Å².